The van der Waals surface area contributed by atoms with Crippen molar-refractivity contribution < 1.29 is 37.4 Å². The molecule has 0 amide bonds. The second-order valence-electron chi connectivity index (χ2n) is 11.3. The Morgan fingerprint density at radius 3 is 2.61 bits per heavy atom. The van der Waals surface area contributed by atoms with E-state index in [-0.39, 0.29) is 24.7 Å². The third kappa shape index (κ3) is 6.82. The molecule has 2 fully saturated rings. The average molecular weight is 634 g/mol. The molecule has 44 heavy (non-hydrogen) atoms. The van der Waals surface area contributed by atoms with Gasteiger partial charge in [-0.1, -0.05) is 63.1 Å². The first-order valence-corrected chi connectivity index (χ1v) is 16.3. The normalized spacial score (nSPS) is 22.9. The molecule has 0 bridgehead atoms. The van der Waals surface area contributed by atoms with Crippen molar-refractivity contribution in [2.45, 2.75) is 83.0 Å². The molecule has 5 atom stereocenters. The Hall–Kier alpha value is -3.35. The molecule has 238 valence electrons. The fourth-order valence-corrected chi connectivity index (χ4v) is 7.29. The van der Waals surface area contributed by atoms with E-state index < -0.39 is 60.9 Å². The molecular weight excluding hydrogens is 596 g/mol. The van der Waals surface area contributed by atoms with Crippen LogP contribution >= 0.6 is 7.75 Å². The number of esters is 1. The van der Waals surface area contributed by atoms with E-state index in [9.17, 15) is 28.4 Å². The predicted molar refractivity (Wildman–Crippen MR) is 159 cm³/mol. The molecule has 0 radical (unpaired) electrons. The lowest BCUT2D eigenvalue weighted by molar-refractivity contribution is -0.146. The van der Waals surface area contributed by atoms with E-state index in [1.807, 2.05) is 37.0 Å². The molecule has 0 spiro atoms. The zero-order valence-electron chi connectivity index (χ0n) is 24.7. The molecular formula is C30H37FN3O9P. The van der Waals surface area contributed by atoms with Crippen LogP contribution in [0.15, 0.2) is 58.3 Å². The van der Waals surface area contributed by atoms with Gasteiger partial charge in [-0.2, -0.15) is 9.48 Å². The Kier molecular flexibility index (Phi) is 9.43. The molecule has 2 aromatic carbocycles. The van der Waals surface area contributed by atoms with Gasteiger partial charge in [0.25, 0.3) is 5.56 Å². The van der Waals surface area contributed by atoms with E-state index in [1.165, 1.54) is 6.92 Å². The zero-order chi connectivity index (χ0) is 31.6. The number of halogens is 1. The second-order valence-corrected chi connectivity index (χ2v) is 13.0. The summed E-state index contributed by atoms with van der Waals surface area (Å²) in [5, 5.41) is 15.2. The maximum atomic E-state index is 14.6. The minimum atomic E-state index is -4.39. The van der Waals surface area contributed by atoms with Gasteiger partial charge in [-0.05, 0) is 37.1 Å². The highest BCUT2D eigenvalue weighted by atomic mass is 31.2. The maximum absolute atomic E-state index is 14.6. The number of hydrogen-bond acceptors (Lipinski definition) is 9. The van der Waals surface area contributed by atoms with Crippen molar-refractivity contribution in [2.75, 3.05) is 6.61 Å². The summed E-state index contributed by atoms with van der Waals surface area (Å²) in [6.45, 7) is 5.72. The molecule has 1 aliphatic carbocycles. The van der Waals surface area contributed by atoms with Crippen molar-refractivity contribution in [1.82, 2.24) is 14.6 Å². The Labute approximate surface area is 253 Å². The summed E-state index contributed by atoms with van der Waals surface area (Å²) in [5.41, 5.74) is -3.40. The molecule has 12 nitrogen and oxygen atoms in total. The smallest absolute Gasteiger partial charge is 0.460 e. The van der Waals surface area contributed by atoms with Crippen LogP contribution in [0.5, 0.6) is 5.75 Å². The summed E-state index contributed by atoms with van der Waals surface area (Å²) in [6, 6.07) is 11.5. The molecule has 1 aliphatic heterocycles. The van der Waals surface area contributed by atoms with Crippen LogP contribution < -0.4 is 20.9 Å². The van der Waals surface area contributed by atoms with E-state index in [1.54, 1.807) is 24.3 Å². The second kappa shape index (κ2) is 12.9. The number of aromatic nitrogens is 2. The van der Waals surface area contributed by atoms with E-state index in [2.05, 4.69) is 5.09 Å². The third-order valence-electron chi connectivity index (χ3n) is 8.18. The molecule has 2 aliphatic rings. The van der Waals surface area contributed by atoms with Gasteiger partial charge in [-0.25, -0.2) is 9.36 Å². The third-order valence-corrected chi connectivity index (χ3v) is 9.93. The van der Waals surface area contributed by atoms with Gasteiger partial charge in [0.1, 0.15) is 29.7 Å². The van der Waals surface area contributed by atoms with Crippen molar-refractivity contribution >= 4 is 24.5 Å². The number of carbonyl (C=O) groups excluding carboxylic acids is 1. The van der Waals surface area contributed by atoms with Crippen molar-refractivity contribution in [1.29, 1.82) is 0 Å². The SMILES string of the molecule is CCC(CC)COC(=O)[C@H](C)N[P@@](=O)(Oc1cccc2ccccc12)OC1([C@H]2O[C@@H](n3cc(F)c(=O)[nH]c3=O)C[C@@H]2O)CC1. The first kappa shape index (κ1) is 32.1. The van der Waals surface area contributed by atoms with E-state index in [0.29, 0.717) is 24.4 Å². The van der Waals surface area contributed by atoms with Crippen LogP contribution in [0.1, 0.15) is 59.1 Å². The number of rotatable bonds is 13. The summed E-state index contributed by atoms with van der Waals surface area (Å²) in [6.07, 6.45) is -0.516. The number of ether oxygens (including phenoxy) is 2. The highest BCUT2D eigenvalue weighted by Crippen LogP contribution is 2.60. The number of aromatic amines is 1. The van der Waals surface area contributed by atoms with Crippen molar-refractivity contribution in [2.24, 2.45) is 5.92 Å². The largest absolute Gasteiger partial charge is 0.464 e. The van der Waals surface area contributed by atoms with Gasteiger partial charge in [0.2, 0.25) is 5.82 Å². The van der Waals surface area contributed by atoms with Crippen LogP contribution in [0.4, 0.5) is 4.39 Å². The molecule has 3 N–H and O–H groups in total. The summed E-state index contributed by atoms with van der Waals surface area (Å²) in [5.74, 6) is -1.39. The summed E-state index contributed by atoms with van der Waals surface area (Å²) < 4.78 is 53.1. The van der Waals surface area contributed by atoms with Crippen LogP contribution in [0.25, 0.3) is 10.8 Å². The predicted octanol–water partition coefficient (Wildman–Crippen LogP) is 4.17. The van der Waals surface area contributed by atoms with Gasteiger partial charge in [0.15, 0.2) is 0 Å². The Morgan fingerprint density at radius 2 is 1.91 bits per heavy atom. The van der Waals surface area contributed by atoms with Gasteiger partial charge >= 0.3 is 19.4 Å². The number of H-pyrrole nitrogens is 1. The van der Waals surface area contributed by atoms with Crippen LogP contribution in [-0.2, 0) is 23.4 Å². The number of nitrogens with zero attached hydrogens (tertiary/aromatic N) is 1. The number of nitrogens with one attached hydrogen (secondary N) is 2. The summed E-state index contributed by atoms with van der Waals surface area (Å²) in [7, 11) is -4.39. The lowest BCUT2D eigenvalue weighted by Crippen LogP contribution is -2.42. The number of fused-ring (bicyclic) bond motifs is 1. The van der Waals surface area contributed by atoms with E-state index in [0.717, 1.165) is 22.8 Å². The van der Waals surface area contributed by atoms with Crippen molar-refractivity contribution in [3.05, 3.63) is 75.3 Å². The molecule has 1 aromatic heterocycles. The maximum Gasteiger partial charge on any atom is 0.460 e. The number of hydrogen-bond donors (Lipinski definition) is 3. The van der Waals surface area contributed by atoms with Crippen molar-refractivity contribution in [3.63, 3.8) is 0 Å². The minimum absolute atomic E-state index is 0.123. The summed E-state index contributed by atoms with van der Waals surface area (Å²) in [4.78, 5) is 38.6. The van der Waals surface area contributed by atoms with Gasteiger partial charge < -0.3 is 19.1 Å². The number of carbonyl (C=O) groups is 1. The molecule has 1 saturated heterocycles. The molecule has 2 heterocycles. The number of benzene rings is 2. The first-order chi connectivity index (χ1) is 21.0. The van der Waals surface area contributed by atoms with Gasteiger partial charge in [0.05, 0.1) is 18.9 Å². The van der Waals surface area contributed by atoms with Gasteiger partial charge in [-0.3, -0.25) is 23.7 Å². The Morgan fingerprint density at radius 1 is 1.20 bits per heavy atom. The quantitative estimate of drug-likeness (QED) is 0.184. The monoisotopic (exact) mass is 633 g/mol. The van der Waals surface area contributed by atoms with Crippen LogP contribution in [0, 0.1) is 11.7 Å². The van der Waals surface area contributed by atoms with Gasteiger partial charge in [0, 0.05) is 11.8 Å². The molecule has 14 heteroatoms. The summed E-state index contributed by atoms with van der Waals surface area (Å²) >= 11 is 0. The highest BCUT2D eigenvalue weighted by molar-refractivity contribution is 7.52. The lowest BCUT2D eigenvalue weighted by Gasteiger charge is -2.31. The lowest BCUT2D eigenvalue weighted by atomic mass is 10.1. The highest BCUT2D eigenvalue weighted by Gasteiger charge is 2.61. The number of aliphatic hydroxyl groups excluding tert-OH is 1. The molecule has 5 rings (SSSR count). The topological polar surface area (TPSA) is 158 Å². The van der Waals surface area contributed by atoms with Gasteiger partial charge in [-0.15, -0.1) is 0 Å². The van der Waals surface area contributed by atoms with Crippen molar-refractivity contribution in [3.8, 4) is 5.75 Å². The fourth-order valence-electron chi connectivity index (χ4n) is 5.38. The Bertz CT molecular complexity index is 1660. The van der Waals surface area contributed by atoms with Crippen LogP contribution in [0.3, 0.4) is 0 Å². The minimum Gasteiger partial charge on any atom is -0.464 e. The van der Waals surface area contributed by atoms with Crippen LogP contribution in [0.2, 0.25) is 0 Å². The first-order valence-electron chi connectivity index (χ1n) is 14.7. The molecule has 3 aromatic rings. The fraction of sp³-hybridized carbons (Fsp3) is 0.500. The standard InChI is InChI=1S/C30H37FN3O9P/c1-4-19(5-2)17-40-28(37)18(3)33-44(39,42-24-12-8-10-20-9-6-7-11-21(20)24)43-30(13-14-30)26-23(35)15-25(41-26)34-16-22(31)27(36)32-29(34)38/h6-12,16,18-19,23,25-26,35H,4-5,13-15,17H2,1-3H3,(H,33,39)(H,32,36,38)/t18-,23-,25+,26-,44+/m0/s1. The number of aliphatic hydroxyl groups is 1. The zero-order valence-corrected chi connectivity index (χ0v) is 25.6. The average Bonchev–Trinajstić information content (AvgIpc) is 3.65. The van der Waals surface area contributed by atoms with E-state index >= 15 is 0 Å². The van der Waals surface area contributed by atoms with Crippen LogP contribution in [-0.4, -0.2) is 51.1 Å². The molecule has 1 saturated carbocycles. The Balaban J connectivity index is 1.41. The van der Waals surface area contributed by atoms with E-state index in [4.69, 9.17) is 18.5 Å². The molecule has 0 unspecified atom stereocenters.